The molecule has 4 nitrogen and oxygen atoms in total. The van der Waals surface area contributed by atoms with Crippen LogP contribution in [0.1, 0.15) is 10.4 Å². The van der Waals surface area contributed by atoms with Crippen LogP contribution in [0.15, 0.2) is 40.9 Å². The minimum Gasteiger partial charge on any atom is -0.343 e. The molecular formula is C15H10BrF3N2O2. The molecule has 0 spiro atoms. The van der Waals surface area contributed by atoms with Crippen molar-refractivity contribution in [1.82, 2.24) is 5.32 Å². The number of carbonyl (C=O) groups excluding carboxylic acids is 2. The topological polar surface area (TPSA) is 58.2 Å². The van der Waals surface area contributed by atoms with Gasteiger partial charge in [-0.25, -0.2) is 13.2 Å². The van der Waals surface area contributed by atoms with Gasteiger partial charge in [0.15, 0.2) is 17.5 Å². The van der Waals surface area contributed by atoms with E-state index in [1.807, 2.05) is 0 Å². The monoisotopic (exact) mass is 386 g/mol. The zero-order valence-corrected chi connectivity index (χ0v) is 13.1. The summed E-state index contributed by atoms with van der Waals surface area (Å²) in [5.41, 5.74) is -0.184. The summed E-state index contributed by atoms with van der Waals surface area (Å²) in [6.07, 6.45) is 0. The normalized spacial score (nSPS) is 10.3. The fraction of sp³-hybridized carbons (Fsp3) is 0.0667. The van der Waals surface area contributed by atoms with Crippen molar-refractivity contribution in [3.05, 3.63) is 63.9 Å². The molecule has 0 radical (unpaired) electrons. The molecule has 0 saturated heterocycles. The van der Waals surface area contributed by atoms with Gasteiger partial charge in [0.2, 0.25) is 5.91 Å². The van der Waals surface area contributed by atoms with Crippen LogP contribution < -0.4 is 10.6 Å². The SMILES string of the molecule is O=C(CNC(=O)c1ccc(F)c(F)c1F)Nc1cccc(Br)c1. The van der Waals surface area contributed by atoms with Gasteiger partial charge >= 0.3 is 0 Å². The Hall–Kier alpha value is -2.35. The number of rotatable bonds is 4. The number of hydrogen-bond acceptors (Lipinski definition) is 2. The Morgan fingerprint density at radius 3 is 2.48 bits per heavy atom. The van der Waals surface area contributed by atoms with E-state index in [1.54, 1.807) is 24.3 Å². The summed E-state index contributed by atoms with van der Waals surface area (Å²) in [4.78, 5) is 23.4. The van der Waals surface area contributed by atoms with Crippen LogP contribution in [-0.2, 0) is 4.79 Å². The highest BCUT2D eigenvalue weighted by Crippen LogP contribution is 2.16. The van der Waals surface area contributed by atoms with Gasteiger partial charge < -0.3 is 10.6 Å². The minimum atomic E-state index is -1.74. The van der Waals surface area contributed by atoms with E-state index in [0.29, 0.717) is 11.8 Å². The van der Waals surface area contributed by atoms with E-state index >= 15 is 0 Å². The highest BCUT2D eigenvalue weighted by atomic mass is 79.9. The average molecular weight is 387 g/mol. The molecule has 0 saturated carbocycles. The van der Waals surface area contributed by atoms with Crippen molar-refractivity contribution in [3.63, 3.8) is 0 Å². The molecular weight excluding hydrogens is 377 g/mol. The predicted octanol–water partition coefficient (Wildman–Crippen LogP) is 3.23. The molecule has 0 fully saturated rings. The first-order chi connectivity index (χ1) is 10.9. The second-order valence-electron chi connectivity index (χ2n) is 4.46. The molecule has 0 aromatic heterocycles. The Morgan fingerprint density at radius 2 is 1.78 bits per heavy atom. The number of amides is 2. The summed E-state index contributed by atoms with van der Waals surface area (Å²) in [5, 5.41) is 4.64. The largest absolute Gasteiger partial charge is 0.343 e. The molecule has 2 N–H and O–H groups in total. The molecule has 2 amide bonds. The molecule has 0 aliphatic heterocycles. The molecule has 8 heteroatoms. The lowest BCUT2D eigenvalue weighted by molar-refractivity contribution is -0.115. The lowest BCUT2D eigenvalue weighted by atomic mass is 10.2. The third kappa shape index (κ3) is 4.32. The van der Waals surface area contributed by atoms with Crippen molar-refractivity contribution in [3.8, 4) is 0 Å². The van der Waals surface area contributed by atoms with Crippen molar-refractivity contribution < 1.29 is 22.8 Å². The number of hydrogen-bond donors (Lipinski definition) is 2. The molecule has 2 rings (SSSR count). The van der Waals surface area contributed by atoms with E-state index < -0.39 is 41.4 Å². The highest BCUT2D eigenvalue weighted by Gasteiger charge is 2.19. The summed E-state index contributed by atoms with van der Waals surface area (Å²) < 4.78 is 40.1. The van der Waals surface area contributed by atoms with Crippen LogP contribution in [-0.4, -0.2) is 18.4 Å². The average Bonchev–Trinajstić information content (AvgIpc) is 2.50. The second-order valence-corrected chi connectivity index (χ2v) is 5.38. The molecule has 0 aliphatic rings. The smallest absolute Gasteiger partial charge is 0.254 e. The molecule has 0 aliphatic carbocycles. The Bertz CT molecular complexity index is 768. The Balaban J connectivity index is 1.96. The summed E-state index contributed by atoms with van der Waals surface area (Å²) in [6, 6.07) is 8.19. The highest BCUT2D eigenvalue weighted by molar-refractivity contribution is 9.10. The van der Waals surface area contributed by atoms with Gasteiger partial charge in [-0.1, -0.05) is 22.0 Å². The van der Waals surface area contributed by atoms with Crippen LogP contribution >= 0.6 is 15.9 Å². The van der Waals surface area contributed by atoms with Gasteiger partial charge in [-0.2, -0.15) is 0 Å². The van der Waals surface area contributed by atoms with Crippen LogP contribution in [0, 0.1) is 17.5 Å². The number of benzene rings is 2. The van der Waals surface area contributed by atoms with Crippen molar-refractivity contribution in [2.45, 2.75) is 0 Å². The van der Waals surface area contributed by atoms with Gasteiger partial charge in [0.05, 0.1) is 12.1 Å². The summed E-state index contributed by atoms with van der Waals surface area (Å²) in [5.74, 6) is -6.32. The summed E-state index contributed by atoms with van der Waals surface area (Å²) in [7, 11) is 0. The molecule has 0 bridgehead atoms. The van der Waals surface area contributed by atoms with Crippen LogP contribution in [0.5, 0.6) is 0 Å². The zero-order valence-electron chi connectivity index (χ0n) is 11.5. The standard InChI is InChI=1S/C15H10BrF3N2O2/c16-8-2-1-3-9(6-8)21-12(22)7-20-15(23)10-4-5-11(17)14(19)13(10)18/h1-6H,7H2,(H,20,23)(H,21,22). The van der Waals surface area contributed by atoms with Crippen molar-refractivity contribution >= 4 is 33.4 Å². The van der Waals surface area contributed by atoms with Gasteiger partial charge in [0, 0.05) is 10.2 Å². The van der Waals surface area contributed by atoms with Crippen molar-refractivity contribution in [2.75, 3.05) is 11.9 Å². The predicted molar refractivity (Wildman–Crippen MR) is 81.4 cm³/mol. The molecule has 0 atom stereocenters. The maximum absolute atomic E-state index is 13.4. The summed E-state index contributed by atoms with van der Waals surface area (Å²) >= 11 is 3.24. The first-order valence-electron chi connectivity index (χ1n) is 6.35. The van der Waals surface area contributed by atoms with Crippen LogP contribution in [0.4, 0.5) is 18.9 Å². The Morgan fingerprint density at radius 1 is 1.04 bits per heavy atom. The van der Waals surface area contributed by atoms with Crippen molar-refractivity contribution in [1.29, 1.82) is 0 Å². The fourth-order valence-electron chi connectivity index (χ4n) is 1.73. The number of halogens is 4. The van der Waals surface area contributed by atoms with Crippen LogP contribution in [0.3, 0.4) is 0 Å². The minimum absolute atomic E-state index is 0.455. The second kappa shape index (κ2) is 7.28. The van der Waals surface area contributed by atoms with Gasteiger partial charge in [-0.15, -0.1) is 0 Å². The molecule has 2 aromatic carbocycles. The van der Waals surface area contributed by atoms with Gasteiger partial charge in [0.1, 0.15) is 0 Å². The van der Waals surface area contributed by atoms with Crippen LogP contribution in [0.25, 0.3) is 0 Å². The van der Waals surface area contributed by atoms with E-state index in [1.165, 1.54) is 0 Å². The molecule has 23 heavy (non-hydrogen) atoms. The van der Waals surface area contributed by atoms with Crippen LogP contribution in [0.2, 0.25) is 0 Å². The number of anilines is 1. The van der Waals surface area contributed by atoms with Gasteiger partial charge in [-0.05, 0) is 30.3 Å². The van der Waals surface area contributed by atoms with E-state index in [-0.39, 0.29) is 0 Å². The number of nitrogens with one attached hydrogen (secondary N) is 2. The maximum Gasteiger partial charge on any atom is 0.254 e. The quantitative estimate of drug-likeness (QED) is 0.792. The first-order valence-corrected chi connectivity index (χ1v) is 7.15. The molecule has 0 heterocycles. The molecule has 120 valence electrons. The lowest BCUT2D eigenvalue weighted by Crippen LogP contribution is -2.33. The first kappa shape index (κ1) is 17.0. The maximum atomic E-state index is 13.4. The molecule has 0 unspecified atom stereocenters. The van der Waals surface area contributed by atoms with E-state index in [4.69, 9.17) is 0 Å². The van der Waals surface area contributed by atoms with Gasteiger partial charge in [-0.3, -0.25) is 9.59 Å². The number of carbonyl (C=O) groups is 2. The lowest BCUT2D eigenvalue weighted by Gasteiger charge is -2.08. The zero-order chi connectivity index (χ0) is 17.0. The summed E-state index contributed by atoms with van der Waals surface area (Å²) in [6.45, 7) is -0.455. The Labute approximate surface area is 137 Å². The van der Waals surface area contributed by atoms with E-state index in [2.05, 4.69) is 26.6 Å². The third-order valence-corrected chi connectivity index (χ3v) is 3.29. The van der Waals surface area contributed by atoms with E-state index in [9.17, 15) is 22.8 Å². The fourth-order valence-corrected chi connectivity index (χ4v) is 2.13. The van der Waals surface area contributed by atoms with E-state index in [0.717, 1.165) is 10.5 Å². The Kier molecular flexibility index (Phi) is 5.38. The molecule has 2 aromatic rings. The third-order valence-electron chi connectivity index (χ3n) is 2.80. The van der Waals surface area contributed by atoms with Gasteiger partial charge in [0.25, 0.3) is 5.91 Å². The van der Waals surface area contributed by atoms with Crippen molar-refractivity contribution in [2.24, 2.45) is 0 Å².